The first kappa shape index (κ1) is 14.8. The molecule has 1 aliphatic carbocycles. The number of ketones is 1. The molecule has 0 saturated carbocycles. The predicted octanol–water partition coefficient (Wildman–Crippen LogP) is 2.39. The van der Waals surface area contributed by atoms with E-state index in [4.69, 9.17) is 0 Å². The number of Topliss-reactive ketones (excluding diaryl/α,β-unsaturated/α-hetero) is 1. The van der Waals surface area contributed by atoms with Gasteiger partial charge in [-0.25, -0.2) is 8.42 Å². The third-order valence-corrected chi connectivity index (χ3v) is 6.61. The van der Waals surface area contributed by atoms with Gasteiger partial charge < -0.3 is 4.57 Å². The molecule has 0 bridgehead atoms. The van der Waals surface area contributed by atoms with E-state index >= 15 is 0 Å². The summed E-state index contributed by atoms with van der Waals surface area (Å²) in [4.78, 5) is 12.3. The van der Waals surface area contributed by atoms with Crippen LogP contribution >= 0.6 is 0 Å². The summed E-state index contributed by atoms with van der Waals surface area (Å²) in [6.45, 7) is 6.99. The molecule has 5 heteroatoms. The first-order valence-corrected chi connectivity index (χ1v) is 9.42. The van der Waals surface area contributed by atoms with Crippen LogP contribution in [0.3, 0.4) is 0 Å². The molecule has 21 heavy (non-hydrogen) atoms. The summed E-state index contributed by atoms with van der Waals surface area (Å²) in [7, 11) is -2.85. The first-order valence-electron chi connectivity index (χ1n) is 7.59. The number of sulfone groups is 1. The van der Waals surface area contributed by atoms with Gasteiger partial charge in [-0.05, 0) is 37.2 Å². The van der Waals surface area contributed by atoms with Crippen molar-refractivity contribution in [1.82, 2.24) is 4.57 Å². The maximum atomic E-state index is 12.3. The normalized spacial score (nSPS) is 26.8. The Kier molecular flexibility index (Phi) is 3.32. The van der Waals surface area contributed by atoms with Gasteiger partial charge >= 0.3 is 0 Å². The molecule has 2 aliphatic rings. The first-order chi connectivity index (χ1) is 9.67. The molecular weight excluding hydrogens is 286 g/mol. The molecule has 3 rings (SSSR count). The Hall–Kier alpha value is -1.10. The van der Waals surface area contributed by atoms with Crippen molar-refractivity contribution in [2.24, 2.45) is 11.3 Å². The highest BCUT2D eigenvalue weighted by Gasteiger charge is 2.35. The minimum Gasteiger partial charge on any atom is -0.348 e. The van der Waals surface area contributed by atoms with Gasteiger partial charge in [0.2, 0.25) is 0 Å². The number of aryl methyl sites for hydroxylation is 1. The zero-order valence-electron chi connectivity index (χ0n) is 13.0. The molecule has 1 fully saturated rings. The van der Waals surface area contributed by atoms with Gasteiger partial charge in [-0.1, -0.05) is 13.8 Å². The molecule has 0 N–H and O–H groups in total. The van der Waals surface area contributed by atoms with Gasteiger partial charge in [-0.3, -0.25) is 4.79 Å². The Morgan fingerprint density at radius 1 is 1.33 bits per heavy atom. The van der Waals surface area contributed by atoms with Gasteiger partial charge in [0, 0.05) is 29.9 Å². The van der Waals surface area contributed by atoms with Gasteiger partial charge in [-0.2, -0.15) is 0 Å². The van der Waals surface area contributed by atoms with Crippen LogP contribution in [-0.4, -0.2) is 30.3 Å². The smallest absolute Gasteiger partial charge is 0.165 e. The van der Waals surface area contributed by atoms with E-state index in [1.165, 1.54) is 0 Å². The Bertz CT molecular complexity index is 697. The van der Waals surface area contributed by atoms with E-state index in [1.807, 2.05) is 13.0 Å². The summed E-state index contributed by atoms with van der Waals surface area (Å²) in [5, 5.41) is 0. The van der Waals surface area contributed by atoms with Crippen molar-refractivity contribution in [3.8, 4) is 0 Å². The number of nitrogens with zero attached hydrogens (tertiary/aromatic N) is 1. The van der Waals surface area contributed by atoms with Crippen molar-refractivity contribution in [2.75, 3.05) is 11.5 Å². The van der Waals surface area contributed by atoms with Crippen molar-refractivity contribution in [1.29, 1.82) is 0 Å². The fourth-order valence-electron chi connectivity index (χ4n) is 3.73. The molecule has 1 saturated heterocycles. The number of aromatic nitrogens is 1. The molecule has 0 spiro atoms. The second-order valence-electron chi connectivity index (χ2n) is 7.47. The number of hydrogen-bond acceptors (Lipinski definition) is 3. The molecule has 0 radical (unpaired) electrons. The third kappa shape index (κ3) is 2.80. The maximum Gasteiger partial charge on any atom is 0.165 e. The quantitative estimate of drug-likeness (QED) is 0.843. The van der Waals surface area contributed by atoms with Crippen LogP contribution in [0.1, 0.15) is 48.4 Å². The molecule has 1 aliphatic heterocycles. The lowest BCUT2D eigenvalue weighted by Crippen LogP contribution is -2.29. The summed E-state index contributed by atoms with van der Waals surface area (Å²) in [6.07, 6.45) is 2.23. The zero-order valence-corrected chi connectivity index (χ0v) is 13.8. The van der Waals surface area contributed by atoms with Gasteiger partial charge in [0.1, 0.15) is 0 Å². The Labute approximate surface area is 126 Å². The van der Waals surface area contributed by atoms with E-state index in [-0.39, 0.29) is 22.9 Å². The second-order valence-corrected chi connectivity index (χ2v) is 9.70. The Balaban J connectivity index is 1.92. The highest BCUT2D eigenvalue weighted by molar-refractivity contribution is 7.91. The van der Waals surface area contributed by atoms with E-state index in [2.05, 4.69) is 18.4 Å². The summed E-state index contributed by atoms with van der Waals surface area (Å²) in [6, 6.07) is 1.98. The fraction of sp³-hybridized carbons (Fsp3) is 0.688. The molecule has 0 aromatic carbocycles. The number of rotatable bonds is 2. The number of fused-ring (bicyclic) bond motifs is 1. The van der Waals surface area contributed by atoms with Crippen LogP contribution in [0, 0.1) is 18.3 Å². The van der Waals surface area contributed by atoms with Crippen LogP contribution in [0.2, 0.25) is 0 Å². The zero-order chi connectivity index (χ0) is 15.4. The molecule has 1 aromatic rings. The number of hydrogen-bond donors (Lipinski definition) is 0. The summed E-state index contributed by atoms with van der Waals surface area (Å²) >= 11 is 0. The van der Waals surface area contributed by atoms with Crippen molar-refractivity contribution < 1.29 is 13.2 Å². The van der Waals surface area contributed by atoms with Crippen LogP contribution in [0.15, 0.2) is 6.07 Å². The highest BCUT2D eigenvalue weighted by atomic mass is 32.2. The van der Waals surface area contributed by atoms with E-state index < -0.39 is 9.84 Å². The molecule has 1 unspecified atom stereocenters. The van der Waals surface area contributed by atoms with E-state index in [0.717, 1.165) is 36.3 Å². The van der Waals surface area contributed by atoms with Crippen molar-refractivity contribution in [3.05, 3.63) is 23.0 Å². The fourth-order valence-corrected chi connectivity index (χ4v) is 5.58. The van der Waals surface area contributed by atoms with Crippen LogP contribution in [-0.2, 0) is 22.8 Å². The van der Waals surface area contributed by atoms with Gasteiger partial charge in [-0.15, -0.1) is 0 Å². The number of carbonyl (C=O) groups excluding carboxylic acids is 1. The average molecular weight is 309 g/mol. The lowest BCUT2D eigenvalue weighted by atomic mass is 9.76. The lowest BCUT2D eigenvalue weighted by Gasteiger charge is -2.30. The largest absolute Gasteiger partial charge is 0.348 e. The summed E-state index contributed by atoms with van der Waals surface area (Å²) < 4.78 is 25.5. The SMILES string of the molecule is Cc1cc2c(n1CC1CCS(=O)(=O)C1)CC(C)(C)CC2=O. The molecular formula is C16H23NO3S. The van der Waals surface area contributed by atoms with Crippen molar-refractivity contribution in [3.63, 3.8) is 0 Å². The predicted molar refractivity (Wildman–Crippen MR) is 82.4 cm³/mol. The van der Waals surface area contributed by atoms with E-state index in [0.29, 0.717) is 12.2 Å². The molecule has 2 heterocycles. The van der Waals surface area contributed by atoms with Gasteiger partial charge in [0.25, 0.3) is 0 Å². The van der Waals surface area contributed by atoms with Crippen LogP contribution < -0.4 is 0 Å². The Morgan fingerprint density at radius 3 is 2.67 bits per heavy atom. The van der Waals surface area contributed by atoms with Crippen molar-refractivity contribution in [2.45, 2.75) is 46.6 Å². The maximum absolute atomic E-state index is 12.3. The molecule has 1 aromatic heterocycles. The third-order valence-electron chi connectivity index (χ3n) is 4.77. The van der Waals surface area contributed by atoms with Crippen LogP contribution in [0.25, 0.3) is 0 Å². The molecule has 0 amide bonds. The minimum absolute atomic E-state index is 0.00558. The van der Waals surface area contributed by atoms with Gasteiger partial charge in [0.05, 0.1) is 11.5 Å². The van der Waals surface area contributed by atoms with Crippen LogP contribution in [0.4, 0.5) is 0 Å². The van der Waals surface area contributed by atoms with E-state index in [1.54, 1.807) is 0 Å². The van der Waals surface area contributed by atoms with Gasteiger partial charge in [0.15, 0.2) is 15.6 Å². The highest BCUT2D eigenvalue weighted by Crippen LogP contribution is 2.37. The van der Waals surface area contributed by atoms with Crippen molar-refractivity contribution >= 4 is 15.6 Å². The molecule has 116 valence electrons. The molecule has 1 atom stereocenters. The van der Waals surface area contributed by atoms with Crippen LogP contribution in [0.5, 0.6) is 0 Å². The molecule has 4 nitrogen and oxygen atoms in total. The lowest BCUT2D eigenvalue weighted by molar-refractivity contribution is 0.0909. The standard InChI is InChI=1S/C16H23NO3S/c1-11-6-13-14(7-16(2,3)8-15(13)18)17(11)9-12-4-5-21(19,20)10-12/h6,12H,4-5,7-10H2,1-3H3. The summed E-state index contributed by atoms with van der Waals surface area (Å²) in [5.41, 5.74) is 3.04. The topological polar surface area (TPSA) is 56.1 Å². The monoisotopic (exact) mass is 309 g/mol. The summed E-state index contributed by atoms with van der Waals surface area (Å²) in [5.74, 6) is 1.01. The minimum atomic E-state index is -2.85. The number of carbonyl (C=O) groups is 1. The Morgan fingerprint density at radius 2 is 2.05 bits per heavy atom. The average Bonchev–Trinajstić information content (AvgIpc) is 2.81. The second kappa shape index (κ2) is 4.70. The van der Waals surface area contributed by atoms with E-state index in [9.17, 15) is 13.2 Å².